The zero-order valence-electron chi connectivity index (χ0n) is 13.5. The lowest BCUT2D eigenvalue weighted by atomic mass is 9.81. The van der Waals surface area contributed by atoms with Gasteiger partial charge in [0, 0.05) is 18.8 Å². The molecular formula is C18H22N2O4. The lowest BCUT2D eigenvalue weighted by molar-refractivity contribution is -0.144. The predicted molar refractivity (Wildman–Crippen MR) is 89.5 cm³/mol. The molecule has 0 aromatic heterocycles. The predicted octanol–water partition coefficient (Wildman–Crippen LogP) is 1.77. The molecule has 2 N–H and O–H groups in total. The van der Waals surface area contributed by atoms with Crippen molar-refractivity contribution in [1.29, 1.82) is 0 Å². The first-order valence-corrected chi connectivity index (χ1v) is 8.26. The summed E-state index contributed by atoms with van der Waals surface area (Å²) in [6, 6.07) is 6.33. The van der Waals surface area contributed by atoms with E-state index in [0.717, 1.165) is 0 Å². The van der Waals surface area contributed by atoms with Crippen molar-refractivity contribution in [3.63, 3.8) is 0 Å². The number of nitrogens with zero attached hydrogens (tertiary/aromatic N) is 1. The van der Waals surface area contributed by atoms with E-state index in [1.165, 1.54) is 12.1 Å². The van der Waals surface area contributed by atoms with Gasteiger partial charge in [0.25, 0.3) is 0 Å². The van der Waals surface area contributed by atoms with Crippen LogP contribution in [0.5, 0.6) is 5.75 Å². The second-order valence-corrected chi connectivity index (χ2v) is 6.13. The van der Waals surface area contributed by atoms with E-state index >= 15 is 0 Å². The third-order valence-corrected chi connectivity index (χ3v) is 4.54. The molecule has 1 aromatic rings. The number of phenolic OH excluding ortho intramolecular Hbond substituents is 1. The van der Waals surface area contributed by atoms with Crippen molar-refractivity contribution in [2.24, 2.45) is 11.8 Å². The normalized spacial score (nSPS) is 23.8. The maximum Gasteiger partial charge on any atom is 0.228 e. The summed E-state index contributed by atoms with van der Waals surface area (Å²) < 4.78 is 5.29. The van der Waals surface area contributed by atoms with E-state index in [1.54, 1.807) is 17.0 Å². The molecule has 128 valence electrons. The summed E-state index contributed by atoms with van der Waals surface area (Å²) >= 11 is 0. The summed E-state index contributed by atoms with van der Waals surface area (Å²) in [5.74, 6) is -0.677. The van der Waals surface area contributed by atoms with Crippen LogP contribution in [0.25, 0.3) is 0 Å². The Labute approximate surface area is 141 Å². The highest BCUT2D eigenvalue weighted by Gasteiger charge is 2.36. The first-order chi connectivity index (χ1) is 11.6. The SMILES string of the molecule is O=C(Nc1ccc(O)cc1)C1CC=CCC1C(=O)N1CCOCC1. The van der Waals surface area contributed by atoms with Gasteiger partial charge in [0.2, 0.25) is 11.8 Å². The molecule has 0 bridgehead atoms. The van der Waals surface area contributed by atoms with Gasteiger partial charge in [-0.15, -0.1) is 0 Å². The van der Waals surface area contributed by atoms with Crippen LogP contribution in [0, 0.1) is 11.8 Å². The second kappa shape index (κ2) is 7.49. The Bertz CT molecular complexity index is 620. The average Bonchev–Trinajstić information content (AvgIpc) is 2.63. The lowest BCUT2D eigenvalue weighted by Crippen LogP contribution is -2.47. The molecule has 1 heterocycles. The number of amides is 2. The highest BCUT2D eigenvalue weighted by atomic mass is 16.5. The summed E-state index contributed by atoms with van der Waals surface area (Å²) in [5, 5.41) is 12.2. The van der Waals surface area contributed by atoms with Gasteiger partial charge >= 0.3 is 0 Å². The smallest absolute Gasteiger partial charge is 0.228 e. The molecule has 24 heavy (non-hydrogen) atoms. The standard InChI is InChI=1S/C18H22N2O4/c21-14-7-5-13(6-8-14)19-17(22)15-3-1-2-4-16(15)18(23)20-9-11-24-12-10-20/h1-2,5-8,15-16,21H,3-4,9-12H2,(H,19,22). The van der Waals surface area contributed by atoms with Crippen molar-refractivity contribution in [2.45, 2.75) is 12.8 Å². The number of carbonyl (C=O) groups excluding carboxylic acids is 2. The molecule has 1 aliphatic carbocycles. The molecular weight excluding hydrogens is 308 g/mol. The molecule has 6 heteroatoms. The number of hydrogen-bond acceptors (Lipinski definition) is 4. The number of rotatable bonds is 3. The zero-order chi connectivity index (χ0) is 16.9. The molecule has 6 nitrogen and oxygen atoms in total. The van der Waals surface area contributed by atoms with Crippen LogP contribution >= 0.6 is 0 Å². The Morgan fingerprint density at radius 1 is 1.04 bits per heavy atom. The van der Waals surface area contributed by atoms with Gasteiger partial charge in [0.15, 0.2) is 0 Å². The minimum Gasteiger partial charge on any atom is -0.508 e. The van der Waals surface area contributed by atoms with Crippen molar-refractivity contribution < 1.29 is 19.4 Å². The van der Waals surface area contributed by atoms with Crippen molar-refractivity contribution in [3.8, 4) is 5.75 Å². The van der Waals surface area contributed by atoms with Crippen LogP contribution in [-0.2, 0) is 14.3 Å². The maximum absolute atomic E-state index is 12.8. The maximum atomic E-state index is 12.8. The molecule has 1 aliphatic heterocycles. The summed E-state index contributed by atoms with van der Waals surface area (Å²) in [5.41, 5.74) is 0.616. The van der Waals surface area contributed by atoms with Crippen molar-refractivity contribution in [1.82, 2.24) is 4.90 Å². The van der Waals surface area contributed by atoms with Crippen LogP contribution in [0.2, 0.25) is 0 Å². The number of phenols is 1. The van der Waals surface area contributed by atoms with E-state index in [4.69, 9.17) is 4.74 Å². The fourth-order valence-electron chi connectivity index (χ4n) is 3.17. The average molecular weight is 330 g/mol. The number of nitrogens with one attached hydrogen (secondary N) is 1. The van der Waals surface area contributed by atoms with E-state index in [1.807, 2.05) is 12.2 Å². The van der Waals surface area contributed by atoms with Crippen LogP contribution < -0.4 is 5.32 Å². The molecule has 1 fully saturated rings. The molecule has 2 aliphatic rings. The topological polar surface area (TPSA) is 78.9 Å². The van der Waals surface area contributed by atoms with Gasteiger partial charge in [-0.3, -0.25) is 9.59 Å². The molecule has 1 saturated heterocycles. The molecule has 1 aromatic carbocycles. The van der Waals surface area contributed by atoms with Crippen molar-refractivity contribution in [3.05, 3.63) is 36.4 Å². The van der Waals surface area contributed by atoms with Gasteiger partial charge in [-0.2, -0.15) is 0 Å². The van der Waals surface area contributed by atoms with Crippen LogP contribution in [0.15, 0.2) is 36.4 Å². The van der Waals surface area contributed by atoms with Crippen LogP contribution in [0.4, 0.5) is 5.69 Å². The Hall–Kier alpha value is -2.34. The fraction of sp³-hybridized carbons (Fsp3) is 0.444. The van der Waals surface area contributed by atoms with Crippen molar-refractivity contribution >= 4 is 17.5 Å². The molecule has 2 atom stereocenters. The number of aromatic hydroxyl groups is 1. The lowest BCUT2D eigenvalue weighted by Gasteiger charge is -2.34. The number of carbonyl (C=O) groups is 2. The van der Waals surface area contributed by atoms with E-state index in [2.05, 4.69) is 5.32 Å². The zero-order valence-corrected chi connectivity index (χ0v) is 13.5. The molecule has 0 spiro atoms. The van der Waals surface area contributed by atoms with Gasteiger partial charge in [-0.25, -0.2) is 0 Å². The Morgan fingerprint density at radius 2 is 1.67 bits per heavy atom. The highest BCUT2D eigenvalue weighted by Crippen LogP contribution is 2.29. The Kier molecular flexibility index (Phi) is 5.15. The van der Waals surface area contributed by atoms with E-state index in [0.29, 0.717) is 44.8 Å². The first-order valence-electron chi connectivity index (χ1n) is 8.26. The third-order valence-electron chi connectivity index (χ3n) is 4.54. The number of allylic oxidation sites excluding steroid dienone is 2. The molecule has 2 unspecified atom stereocenters. The van der Waals surface area contributed by atoms with Gasteiger partial charge < -0.3 is 20.1 Å². The summed E-state index contributed by atoms with van der Waals surface area (Å²) in [7, 11) is 0. The minimum absolute atomic E-state index is 0.0357. The third kappa shape index (κ3) is 3.76. The minimum atomic E-state index is -0.376. The molecule has 2 amide bonds. The number of morpholine rings is 1. The largest absolute Gasteiger partial charge is 0.508 e. The Morgan fingerprint density at radius 3 is 2.33 bits per heavy atom. The van der Waals surface area contributed by atoms with E-state index in [9.17, 15) is 14.7 Å². The van der Waals surface area contributed by atoms with Gasteiger partial charge in [-0.1, -0.05) is 12.2 Å². The number of benzene rings is 1. The number of ether oxygens (including phenoxy) is 1. The summed E-state index contributed by atoms with van der Waals surface area (Å²) in [6.07, 6.45) is 5.09. The van der Waals surface area contributed by atoms with E-state index in [-0.39, 0.29) is 29.4 Å². The quantitative estimate of drug-likeness (QED) is 0.654. The second-order valence-electron chi connectivity index (χ2n) is 6.13. The van der Waals surface area contributed by atoms with Gasteiger partial charge in [0.1, 0.15) is 5.75 Å². The van der Waals surface area contributed by atoms with Gasteiger partial charge in [-0.05, 0) is 37.1 Å². The highest BCUT2D eigenvalue weighted by molar-refractivity contribution is 5.96. The van der Waals surface area contributed by atoms with Crippen LogP contribution in [0.3, 0.4) is 0 Å². The molecule has 0 saturated carbocycles. The Balaban J connectivity index is 1.69. The van der Waals surface area contributed by atoms with E-state index < -0.39 is 0 Å². The van der Waals surface area contributed by atoms with Crippen LogP contribution in [-0.4, -0.2) is 48.1 Å². The molecule has 0 radical (unpaired) electrons. The van der Waals surface area contributed by atoms with Crippen molar-refractivity contribution in [2.75, 3.05) is 31.6 Å². The summed E-state index contributed by atoms with van der Waals surface area (Å²) in [6.45, 7) is 2.29. The van der Waals surface area contributed by atoms with Crippen LogP contribution in [0.1, 0.15) is 12.8 Å². The monoisotopic (exact) mass is 330 g/mol. The number of anilines is 1. The first kappa shape index (κ1) is 16.5. The fourth-order valence-corrected chi connectivity index (χ4v) is 3.17. The molecule has 3 rings (SSSR count). The summed E-state index contributed by atoms with van der Waals surface area (Å²) in [4.78, 5) is 27.2. The number of hydrogen-bond donors (Lipinski definition) is 2. The van der Waals surface area contributed by atoms with Gasteiger partial charge in [0.05, 0.1) is 25.0 Å².